The van der Waals surface area contributed by atoms with Gasteiger partial charge in [-0.25, -0.2) is 0 Å². The third kappa shape index (κ3) is 8.40. The second-order valence-electron chi connectivity index (χ2n) is 34.1. The monoisotopic (exact) mass is 1450 g/mol. The average molecular weight is 1450 g/mol. The molecule has 8 heterocycles. The van der Waals surface area contributed by atoms with E-state index in [0.29, 0.717) is 26.9 Å². The van der Waals surface area contributed by atoms with Gasteiger partial charge in [0, 0.05) is 105 Å². The number of ether oxygens (including phenoxy) is 4. The minimum absolute atomic E-state index is 0.00401. The molecule has 0 unspecified atom stereocenters. The molecule has 0 saturated carbocycles. The largest absolute Gasteiger partial charge is 0.434 e. The van der Waals surface area contributed by atoms with Crippen molar-refractivity contribution in [2.24, 2.45) is 0 Å². The van der Waals surface area contributed by atoms with E-state index in [4.69, 9.17) is 18.9 Å². The fraction of sp³-hybridized carbons (Fsp3) is 0.154. The van der Waals surface area contributed by atoms with Crippen molar-refractivity contribution >= 4 is 119 Å². The molecule has 0 fully saturated rings. The van der Waals surface area contributed by atoms with Crippen LogP contribution in [0.4, 0.5) is 0 Å². The van der Waals surface area contributed by atoms with Gasteiger partial charge in [0.05, 0.1) is 22.3 Å². The second kappa shape index (κ2) is 22.4. The van der Waals surface area contributed by atoms with E-state index in [1.54, 1.807) is 0 Å². The average Bonchev–Trinajstić information content (AvgIpc) is 1.54. The summed E-state index contributed by atoms with van der Waals surface area (Å²) in [6.45, 7) is 21.0. The molecule has 0 spiro atoms. The van der Waals surface area contributed by atoms with Crippen LogP contribution < -0.4 is 37.2 Å². The van der Waals surface area contributed by atoms with Gasteiger partial charge in [-0.1, -0.05) is 243 Å². The summed E-state index contributed by atoms with van der Waals surface area (Å²) in [6, 6.07) is 97.1. The lowest BCUT2D eigenvalue weighted by Crippen LogP contribution is -2.42. The van der Waals surface area contributed by atoms with Crippen molar-refractivity contribution in [1.29, 1.82) is 0 Å². The maximum Gasteiger partial charge on any atom is 0.293 e. The standard InChI is InChI=1S/3C27H20NO.C23H18NO/c2*1-27(2)20-14-18-12-11-16-7-3-5-9-19(16)23(18)26-24(20)25-21(27)13-17-8-4-6-10-22(17)28(25)15-29-26;1-27(2)21-13-17-8-4-6-10-20(17)26-23(21)25-24(27)22-18(14-28(25)15-29-26)12-11-16-7-3-5-9-19(16)22;1-23(2)17-8-5-11-24-13-25-22-19-15(12-18(23)20(22)21(17)24)10-9-14-6-3-4-7-16(14)19/h3*3-14H,15H2,1-2H3;3-12H,13H2,1-2H3/q4*+1. The lowest BCUT2D eigenvalue weighted by Gasteiger charge is -2.22. The molecule has 0 N–H and O–H groups in total. The summed E-state index contributed by atoms with van der Waals surface area (Å²) < 4.78 is 35.1. The molecule has 0 radical (unpaired) electrons. The Morgan fingerprint density at radius 1 is 0.241 bits per heavy atom. The summed E-state index contributed by atoms with van der Waals surface area (Å²) >= 11 is 0. The Hall–Kier alpha value is -13.0. The molecule has 8 nitrogen and oxygen atoms in total. The van der Waals surface area contributed by atoms with Gasteiger partial charge in [0.15, 0.2) is 12.4 Å². The summed E-state index contributed by atoms with van der Waals surface area (Å²) in [5, 5.41) is 25.4. The maximum atomic E-state index is 6.55. The van der Waals surface area contributed by atoms with Gasteiger partial charge < -0.3 is 18.9 Å². The Bertz CT molecular complexity index is 7320. The minimum atomic E-state index is -0.0947. The van der Waals surface area contributed by atoms with Crippen molar-refractivity contribution in [1.82, 2.24) is 0 Å². The van der Waals surface area contributed by atoms with Gasteiger partial charge >= 0.3 is 0 Å². The van der Waals surface area contributed by atoms with Crippen molar-refractivity contribution in [3.05, 3.63) is 324 Å². The first kappa shape index (κ1) is 63.8. The Labute approximate surface area is 647 Å². The van der Waals surface area contributed by atoms with Crippen LogP contribution in [0.3, 0.4) is 0 Å². The number of hydrogen-bond acceptors (Lipinski definition) is 4. The Morgan fingerprint density at radius 2 is 0.580 bits per heavy atom. The number of nitrogens with zero attached hydrogens (tertiary/aromatic N) is 4. The molecule has 534 valence electrons. The van der Waals surface area contributed by atoms with E-state index >= 15 is 0 Å². The highest BCUT2D eigenvalue weighted by Crippen LogP contribution is 2.61. The first-order valence-electron chi connectivity index (χ1n) is 39.5. The van der Waals surface area contributed by atoms with E-state index in [0.717, 1.165) is 23.0 Å². The lowest BCUT2D eigenvalue weighted by atomic mass is 9.79. The van der Waals surface area contributed by atoms with Crippen LogP contribution >= 0.6 is 0 Å². The van der Waals surface area contributed by atoms with E-state index < -0.39 is 0 Å². The first-order chi connectivity index (χ1) is 54.6. The van der Waals surface area contributed by atoms with Crippen LogP contribution in [0, 0.1) is 0 Å². The number of hydrogen-bond donors (Lipinski definition) is 0. The SMILES string of the molecule is CC1(C)c2cc3ccc4ccccc4c3c3c2-c2c1cc1ccccc1[n+]2CO3.CC1(C)c2cc3ccc4ccccc4c3c3c2-c2c1cc1ccccc1[n+]2CO3.CC1(C)c2cc3ccc4ccccc4c3c3c2-c2c1ccc[n+]2CO3.CC1(C)c2cc3ccccc3c3c2-c2c1c1c(ccc4ccccc41)c[n+]2CO3. The first-order valence-corrected chi connectivity index (χ1v) is 39.5. The van der Waals surface area contributed by atoms with Crippen LogP contribution in [0.15, 0.2) is 279 Å². The molecule has 112 heavy (non-hydrogen) atoms. The van der Waals surface area contributed by atoms with Crippen LogP contribution in [0.25, 0.3) is 164 Å². The highest BCUT2D eigenvalue weighted by atomic mass is 16.5. The maximum absolute atomic E-state index is 6.55. The van der Waals surface area contributed by atoms with E-state index in [2.05, 4.69) is 353 Å². The van der Waals surface area contributed by atoms with E-state index in [1.165, 1.54) is 208 Å². The van der Waals surface area contributed by atoms with Crippen LogP contribution in [-0.4, -0.2) is 0 Å². The molecular formula is C104H78N4O4+4. The number of fused-ring (bicyclic) bond motifs is 22. The number of pyridine rings is 4. The molecule has 0 amide bonds. The Morgan fingerprint density at radius 3 is 1.07 bits per heavy atom. The molecule has 0 saturated heterocycles. The molecule has 27 rings (SSSR count). The number of benzene rings is 15. The summed E-state index contributed by atoms with van der Waals surface area (Å²) in [5.74, 6) is 4.21. The highest BCUT2D eigenvalue weighted by Gasteiger charge is 2.52. The van der Waals surface area contributed by atoms with Gasteiger partial charge in [0.1, 0.15) is 23.0 Å². The molecule has 4 aliphatic carbocycles. The summed E-state index contributed by atoms with van der Waals surface area (Å²) in [4.78, 5) is 0. The molecule has 4 aromatic heterocycles. The molecule has 19 aromatic rings. The lowest BCUT2D eigenvalue weighted by molar-refractivity contribution is -0.717. The fourth-order valence-electron chi connectivity index (χ4n) is 21.4. The van der Waals surface area contributed by atoms with Gasteiger partial charge in [-0.05, 0) is 148 Å². The Balaban J connectivity index is 0.0000000869. The topological polar surface area (TPSA) is 52.4 Å². The van der Waals surface area contributed by atoms with Gasteiger partial charge in [0.2, 0.25) is 33.8 Å². The quantitative estimate of drug-likeness (QED) is 0.112. The molecule has 8 aliphatic rings. The van der Waals surface area contributed by atoms with Crippen LogP contribution in [-0.2, 0) is 48.6 Å². The summed E-state index contributed by atoms with van der Waals surface area (Å²) in [5.41, 5.74) is 23.8. The van der Waals surface area contributed by atoms with E-state index in [1.807, 2.05) is 0 Å². The zero-order valence-electron chi connectivity index (χ0n) is 63.8. The zero-order valence-corrected chi connectivity index (χ0v) is 63.8. The predicted molar refractivity (Wildman–Crippen MR) is 452 cm³/mol. The molecule has 15 aromatic carbocycles. The Kier molecular flexibility index (Phi) is 12.7. The molecule has 4 aliphatic heterocycles. The normalized spacial score (nSPS) is 15.8. The molecular weight excluding hydrogens is 1370 g/mol. The molecule has 8 heteroatoms. The van der Waals surface area contributed by atoms with Crippen molar-refractivity contribution in [2.45, 2.75) is 104 Å². The fourth-order valence-corrected chi connectivity index (χ4v) is 21.4. The van der Waals surface area contributed by atoms with Gasteiger partial charge in [-0.3, -0.25) is 0 Å². The highest BCUT2D eigenvalue weighted by molar-refractivity contribution is 6.18. The van der Waals surface area contributed by atoms with Gasteiger partial charge in [-0.2, -0.15) is 18.3 Å². The van der Waals surface area contributed by atoms with E-state index in [-0.39, 0.29) is 21.7 Å². The summed E-state index contributed by atoms with van der Waals surface area (Å²) in [7, 11) is 0. The molecule has 0 bridgehead atoms. The second-order valence-corrected chi connectivity index (χ2v) is 34.1. The van der Waals surface area contributed by atoms with Crippen LogP contribution in [0.2, 0.25) is 0 Å². The summed E-state index contributed by atoms with van der Waals surface area (Å²) in [6.07, 6.45) is 4.39. The van der Waals surface area contributed by atoms with Crippen molar-refractivity contribution in [3.63, 3.8) is 0 Å². The number of para-hydroxylation sites is 2. The smallest absolute Gasteiger partial charge is 0.293 e. The van der Waals surface area contributed by atoms with Gasteiger partial charge in [0.25, 0.3) is 26.9 Å². The minimum Gasteiger partial charge on any atom is -0.434 e. The molecule has 0 atom stereocenters. The van der Waals surface area contributed by atoms with Crippen molar-refractivity contribution < 1.29 is 37.2 Å². The van der Waals surface area contributed by atoms with Crippen LogP contribution in [0.5, 0.6) is 23.0 Å². The third-order valence-electron chi connectivity index (χ3n) is 26.8. The number of rotatable bonds is 0. The van der Waals surface area contributed by atoms with Gasteiger partial charge in [-0.15, -0.1) is 0 Å². The number of aromatic nitrogens is 4. The third-order valence-corrected chi connectivity index (χ3v) is 26.8. The van der Waals surface area contributed by atoms with Crippen molar-refractivity contribution in [2.75, 3.05) is 0 Å². The van der Waals surface area contributed by atoms with E-state index in [9.17, 15) is 0 Å². The van der Waals surface area contributed by atoms with Crippen LogP contribution in [0.1, 0.15) is 99.9 Å². The predicted octanol–water partition coefficient (Wildman–Crippen LogP) is 23.2. The zero-order chi connectivity index (χ0) is 74.7. The van der Waals surface area contributed by atoms with Crippen molar-refractivity contribution in [3.8, 4) is 68.0 Å².